The second-order valence-corrected chi connectivity index (χ2v) is 5.24. The van der Waals surface area contributed by atoms with E-state index in [0.717, 1.165) is 5.92 Å². The smallest absolute Gasteiger partial charge is 0.269 e. The van der Waals surface area contributed by atoms with E-state index in [1.807, 2.05) is 0 Å². The Hall–Kier alpha value is -2.01. The maximum absolute atomic E-state index is 10.1. The highest BCUT2D eigenvalue weighted by molar-refractivity contribution is 5.75. The molecule has 1 saturated heterocycles. The minimum atomic E-state index is -0.505. The molecule has 0 atom stereocenters. The Morgan fingerprint density at radius 1 is 1.33 bits per heavy atom. The summed E-state index contributed by atoms with van der Waals surface area (Å²) >= 11 is 0. The lowest BCUT2D eigenvalue weighted by Crippen LogP contribution is -2.29. The molecule has 0 saturated carbocycles. The highest BCUT2D eigenvalue weighted by Gasteiger charge is 2.14. The van der Waals surface area contributed by atoms with Gasteiger partial charge in [0, 0.05) is 17.7 Å². The third-order valence-electron chi connectivity index (χ3n) is 3.58. The molecule has 1 fully saturated rings. The molecule has 0 radical (unpaired) electrons. The van der Waals surface area contributed by atoms with Crippen LogP contribution in [0.3, 0.4) is 0 Å². The van der Waals surface area contributed by atoms with Crippen LogP contribution in [0.5, 0.6) is 0 Å². The predicted octanol–water partition coefficient (Wildman–Crippen LogP) is 3.31. The van der Waals surface area contributed by atoms with Gasteiger partial charge in [0.1, 0.15) is 6.29 Å². The number of rotatable bonds is 4. The molecular weight excluding hydrogens is 268 g/mol. The Morgan fingerprint density at radius 2 is 1.90 bits per heavy atom. The average Bonchev–Trinajstić information content (AvgIpc) is 2.50. The van der Waals surface area contributed by atoms with E-state index in [1.165, 1.54) is 56.6 Å². The maximum Gasteiger partial charge on any atom is 0.269 e. The van der Waals surface area contributed by atoms with Crippen LogP contribution in [0.15, 0.2) is 36.9 Å². The molecule has 0 amide bonds. The number of non-ortho nitro benzene ring substituents is 1. The molecule has 0 aromatic heterocycles. The molecule has 0 aliphatic carbocycles. The summed E-state index contributed by atoms with van der Waals surface area (Å²) in [7, 11) is 2.20. The Labute approximate surface area is 125 Å². The van der Waals surface area contributed by atoms with E-state index in [1.54, 1.807) is 0 Å². The van der Waals surface area contributed by atoms with Crippen LogP contribution in [0, 0.1) is 16.0 Å². The van der Waals surface area contributed by atoms with E-state index in [4.69, 9.17) is 0 Å². The lowest BCUT2D eigenvalue weighted by Gasteiger charge is -2.27. The van der Waals surface area contributed by atoms with Crippen molar-refractivity contribution in [1.82, 2.24) is 4.90 Å². The van der Waals surface area contributed by atoms with Gasteiger partial charge in [-0.2, -0.15) is 0 Å². The summed E-state index contributed by atoms with van der Waals surface area (Å²) in [5.74, 6) is 0.925. The third-order valence-corrected chi connectivity index (χ3v) is 3.58. The zero-order valence-corrected chi connectivity index (χ0v) is 12.4. The summed E-state index contributed by atoms with van der Waals surface area (Å²) in [5, 5.41) is 10.1. The van der Waals surface area contributed by atoms with Crippen molar-refractivity contribution in [3.05, 3.63) is 52.6 Å². The van der Waals surface area contributed by atoms with E-state index in [0.29, 0.717) is 11.8 Å². The van der Waals surface area contributed by atoms with Crippen molar-refractivity contribution in [3.63, 3.8) is 0 Å². The number of carbonyl (C=O) groups excluding carboxylic acids is 1. The third kappa shape index (κ3) is 6.31. The van der Waals surface area contributed by atoms with Crippen LogP contribution < -0.4 is 0 Å². The van der Waals surface area contributed by atoms with Crippen molar-refractivity contribution in [2.24, 2.45) is 5.92 Å². The number of nitrogens with zero attached hydrogens (tertiary/aromatic N) is 2. The lowest BCUT2D eigenvalue weighted by atomic mass is 9.94. The van der Waals surface area contributed by atoms with E-state index in [9.17, 15) is 14.9 Å². The Bertz CT molecular complexity index is 463. The molecule has 114 valence electrons. The number of benzene rings is 1. The van der Waals surface area contributed by atoms with Crippen molar-refractivity contribution >= 4 is 12.0 Å². The van der Waals surface area contributed by atoms with Gasteiger partial charge in [-0.1, -0.05) is 6.08 Å². The zero-order valence-electron chi connectivity index (χ0n) is 12.4. The molecule has 0 bridgehead atoms. The number of nitro groups is 1. The molecule has 1 heterocycles. The van der Waals surface area contributed by atoms with Crippen molar-refractivity contribution < 1.29 is 9.72 Å². The fourth-order valence-corrected chi connectivity index (χ4v) is 2.21. The monoisotopic (exact) mass is 290 g/mol. The van der Waals surface area contributed by atoms with Crippen LogP contribution in [0.4, 0.5) is 5.69 Å². The van der Waals surface area contributed by atoms with E-state index >= 15 is 0 Å². The Balaban J connectivity index is 0.000000211. The maximum atomic E-state index is 10.1. The first-order valence-electron chi connectivity index (χ1n) is 7.06. The van der Waals surface area contributed by atoms with Crippen molar-refractivity contribution in [1.29, 1.82) is 0 Å². The van der Waals surface area contributed by atoms with Crippen LogP contribution >= 0.6 is 0 Å². The van der Waals surface area contributed by atoms with Gasteiger partial charge in [-0.15, -0.1) is 6.58 Å². The first-order chi connectivity index (χ1) is 10.1. The highest BCUT2D eigenvalue weighted by atomic mass is 16.6. The highest BCUT2D eigenvalue weighted by Crippen LogP contribution is 2.19. The molecule has 21 heavy (non-hydrogen) atoms. The minimum Gasteiger partial charge on any atom is -0.306 e. The largest absolute Gasteiger partial charge is 0.306 e. The molecule has 0 N–H and O–H groups in total. The summed E-state index contributed by atoms with van der Waals surface area (Å²) in [6.07, 6.45) is 6.64. The van der Waals surface area contributed by atoms with E-state index < -0.39 is 4.92 Å². The number of carbonyl (C=O) groups is 1. The second-order valence-electron chi connectivity index (χ2n) is 5.24. The topological polar surface area (TPSA) is 63.5 Å². The molecule has 5 nitrogen and oxygen atoms in total. The van der Waals surface area contributed by atoms with Crippen LogP contribution in [0.2, 0.25) is 0 Å². The Morgan fingerprint density at radius 3 is 2.33 bits per heavy atom. The van der Waals surface area contributed by atoms with Gasteiger partial charge in [0.05, 0.1) is 4.92 Å². The number of piperidine rings is 1. The quantitative estimate of drug-likeness (QED) is 0.369. The van der Waals surface area contributed by atoms with E-state index in [-0.39, 0.29) is 5.69 Å². The van der Waals surface area contributed by atoms with Crippen LogP contribution in [0.1, 0.15) is 29.6 Å². The summed E-state index contributed by atoms with van der Waals surface area (Å²) < 4.78 is 0. The fraction of sp³-hybridized carbons (Fsp3) is 0.438. The summed E-state index contributed by atoms with van der Waals surface area (Å²) in [6.45, 7) is 6.31. The van der Waals surface area contributed by atoms with Crippen LogP contribution in [0.25, 0.3) is 0 Å². The van der Waals surface area contributed by atoms with E-state index in [2.05, 4.69) is 24.6 Å². The van der Waals surface area contributed by atoms with Gasteiger partial charge in [-0.25, -0.2) is 0 Å². The standard InChI is InChI=1S/C9H17N.C7H5NO3/c1-3-4-9-5-7-10(2)8-6-9;9-5-6-1-3-7(4-2-6)8(10)11/h3,9H,1,4-8H2,2H3;1-5H. The zero-order chi connectivity index (χ0) is 15.7. The average molecular weight is 290 g/mol. The first kappa shape index (κ1) is 17.0. The number of hydrogen-bond donors (Lipinski definition) is 0. The molecule has 1 aromatic rings. The molecular formula is C16H22N2O3. The van der Waals surface area contributed by atoms with Crippen LogP contribution in [-0.4, -0.2) is 36.2 Å². The fourth-order valence-electron chi connectivity index (χ4n) is 2.21. The SMILES string of the molecule is C=CCC1CCN(C)CC1.O=Cc1ccc([N+](=O)[O-])cc1. The molecule has 1 aliphatic rings. The molecule has 2 rings (SSSR count). The van der Waals surface area contributed by atoms with Gasteiger partial charge < -0.3 is 4.90 Å². The van der Waals surface area contributed by atoms with Gasteiger partial charge in [-0.3, -0.25) is 14.9 Å². The van der Waals surface area contributed by atoms with Gasteiger partial charge in [0.15, 0.2) is 0 Å². The van der Waals surface area contributed by atoms with Crippen molar-refractivity contribution in [2.45, 2.75) is 19.3 Å². The normalized spacial score (nSPS) is 15.7. The second kappa shape index (κ2) is 9.02. The molecule has 5 heteroatoms. The summed E-state index contributed by atoms with van der Waals surface area (Å²) in [6, 6.07) is 5.41. The molecule has 1 aromatic carbocycles. The Kier molecular flexibility index (Phi) is 7.32. The van der Waals surface area contributed by atoms with Gasteiger partial charge in [0.25, 0.3) is 5.69 Å². The minimum absolute atomic E-state index is 0.00407. The van der Waals surface area contributed by atoms with Gasteiger partial charge in [0.2, 0.25) is 0 Å². The van der Waals surface area contributed by atoms with Crippen LogP contribution in [-0.2, 0) is 0 Å². The summed E-state index contributed by atoms with van der Waals surface area (Å²) in [5.41, 5.74) is 0.436. The number of allylic oxidation sites excluding steroid dienone is 1. The number of aldehydes is 1. The molecule has 0 spiro atoms. The molecule has 0 unspecified atom stereocenters. The number of likely N-dealkylation sites (tertiary alicyclic amines) is 1. The number of hydrogen-bond acceptors (Lipinski definition) is 4. The number of nitro benzene ring substituents is 1. The molecule has 1 aliphatic heterocycles. The summed E-state index contributed by atoms with van der Waals surface area (Å²) in [4.78, 5) is 22.1. The van der Waals surface area contributed by atoms with Gasteiger partial charge in [-0.05, 0) is 57.5 Å². The first-order valence-corrected chi connectivity index (χ1v) is 7.06. The lowest BCUT2D eigenvalue weighted by molar-refractivity contribution is -0.384. The van der Waals surface area contributed by atoms with Gasteiger partial charge >= 0.3 is 0 Å². The van der Waals surface area contributed by atoms with Crippen molar-refractivity contribution in [3.8, 4) is 0 Å². The predicted molar refractivity (Wildman–Crippen MR) is 83.5 cm³/mol. The van der Waals surface area contributed by atoms with Crippen molar-refractivity contribution in [2.75, 3.05) is 20.1 Å².